The van der Waals surface area contributed by atoms with Crippen LogP contribution in [0.1, 0.15) is 5.56 Å². The summed E-state index contributed by atoms with van der Waals surface area (Å²) in [5, 5.41) is 0. The molecule has 0 aliphatic rings. The SMILES string of the molecule is CN(Cc1cccnc1)S(=O)(=O)c1cnc(NN)nc1. The van der Waals surface area contributed by atoms with Crippen molar-refractivity contribution >= 4 is 16.0 Å². The van der Waals surface area contributed by atoms with E-state index in [1.54, 1.807) is 24.5 Å². The van der Waals surface area contributed by atoms with Crippen LogP contribution in [0, 0.1) is 0 Å². The van der Waals surface area contributed by atoms with Gasteiger partial charge in [-0.05, 0) is 11.6 Å². The molecule has 0 aliphatic heterocycles. The molecule has 0 spiro atoms. The molecule has 0 aromatic carbocycles. The molecule has 9 heteroatoms. The van der Waals surface area contributed by atoms with E-state index in [0.29, 0.717) is 0 Å². The van der Waals surface area contributed by atoms with E-state index in [1.165, 1.54) is 23.7 Å². The van der Waals surface area contributed by atoms with Gasteiger partial charge in [0.15, 0.2) is 0 Å². The number of hydrogen-bond donors (Lipinski definition) is 2. The molecule has 0 atom stereocenters. The van der Waals surface area contributed by atoms with E-state index in [2.05, 4.69) is 20.4 Å². The van der Waals surface area contributed by atoms with E-state index in [4.69, 9.17) is 5.84 Å². The zero-order valence-electron chi connectivity index (χ0n) is 10.8. The molecule has 2 heterocycles. The maximum Gasteiger partial charge on any atom is 0.246 e. The van der Waals surface area contributed by atoms with E-state index in [0.717, 1.165) is 5.56 Å². The lowest BCUT2D eigenvalue weighted by Gasteiger charge is -2.16. The molecule has 0 unspecified atom stereocenters. The lowest BCUT2D eigenvalue weighted by atomic mass is 10.3. The number of hydrogen-bond acceptors (Lipinski definition) is 7. The Morgan fingerprint density at radius 2 is 2.00 bits per heavy atom. The van der Waals surface area contributed by atoms with Gasteiger partial charge in [0.25, 0.3) is 0 Å². The highest BCUT2D eigenvalue weighted by atomic mass is 32.2. The van der Waals surface area contributed by atoms with Gasteiger partial charge < -0.3 is 0 Å². The number of nitrogens with zero attached hydrogens (tertiary/aromatic N) is 4. The van der Waals surface area contributed by atoms with E-state index in [9.17, 15) is 8.42 Å². The van der Waals surface area contributed by atoms with Crippen LogP contribution in [-0.4, -0.2) is 34.7 Å². The minimum atomic E-state index is -3.65. The summed E-state index contributed by atoms with van der Waals surface area (Å²) in [4.78, 5) is 11.5. The molecule has 20 heavy (non-hydrogen) atoms. The number of hydrazine groups is 1. The van der Waals surface area contributed by atoms with Crippen LogP contribution < -0.4 is 11.3 Å². The minimum absolute atomic E-state index is 0.00268. The molecular formula is C11H14N6O2S. The summed E-state index contributed by atoms with van der Waals surface area (Å²) in [5.74, 6) is 5.28. The summed E-state index contributed by atoms with van der Waals surface area (Å²) >= 11 is 0. The normalized spacial score (nSPS) is 11.6. The van der Waals surface area contributed by atoms with Gasteiger partial charge in [-0.3, -0.25) is 10.4 Å². The van der Waals surface area contributed by atoms with Crippen molar-refractivity contribution in [3.05, 3.63) is 42.5 Å². The van der Waals surface area contributed by atoms with Gasteiger partial charge in [0, 0.05) is 26.0 Å². The van der Waals surface area contributed by atoms with Crippen LogP contribution in [0.2, 0.25) is 0 Å². The average molecular weight is 294 g/mol. The molecule has 106 valence electrons. The number of nitrogens with one attached hydrogen (secondary N) is 1. The van der Waals surface area contributed by atoms with Crippen molar-refractivity contribution in [1.82, 2.24) is 19.3 Å². The second kappa shape index (κ2) is 5.90. The fraction of sp³-hybridized carbons (Fsp3) is 0.182. The van der Waals surface area contributed by atoms with Crippen LogP contribution in [-0.2, 0) is 16.6 Å². The van der Waals surface area contributed by atoms with Crippen molar-refractivity contribution in [2.24, 2.45) is 5.84 Å². The molecule has 0 fully saturated rings. The van der Waals surface area contributed by atoms with Crippen LogP contribution in [0.3, 0.4) is 0 Å². The molecule has 2 rings (SSSR count). The predicted molar refractivity (Wildman–Crippen MR) is 72.7 cm³/mol. The quantitative estimate of drug-likeness (QED) is 0.588. The first-order valence-electron chi connectivity index (χ1n) is 5.68. The van der Waals surface area contributed by atoms with Gasteiger partial charge in [-0.25, -0.2) is 24.2 Å². The molecule has 0 radical (unpaired) electrons. The smallest absolute Gasteiger partial charge is 0.246 e. The molecule has 0 saturated heterocycles. The molecule has 2 aromatic rings. The van der Waals surface area contributed by atoms with Crippen LogP contribution in [0.15, 0.2) is 41.8 Å². The number of anilines is 1. The Hall–Kier alpha value is -2.10. The number of pyridine rings is 1. The van der Waals surface area contributed by atoms with E-state index >= 15 is 0 Å². The largest absolute Gasteiger partial charge is 0.292 e. The predicted octanol–water partition coefficient (Wildman–Crippen LogP) is -0.0221. The van der Waals surface area contributed by atoms with E-state index in [-0.39, 0.29) is 17.4 Å². The molecule has 0 bridgehead atoms. The van der Waals surface area contributed by atoms with Crippen molar-refractivity contribution in [2.75, 3.05) is 12.5 Å². The first-order chi connectivity index (χ1) is 9.54. The number of sulfonamides is 1. The molecule has 8 nitrogen and oxygen atoms in total. The van der Waals surface area contributed by atoms with Crippen molar-refractivity contribution in [3.63, 3.8) is 0 Å². The van der Waals surface area contributed by atoms with Crippen LogP contribution in [0.4, 0.5) is 5.95 Å². The first kappa shape index (κ1) is 14.3. The number of rotatable bonds is 5. The Kier molecular flexibility index (Phi) is 4.23. The maximum atomic E-state index is 12.3. The first-order valence-corrected chi connectivity index (χ1v) is 7.12. The third kappa shape index (κ3) is 3.07. The van der Waals surface area contributed by atoms with Gasteiger partial charge in [0.1, 0.15) is 4.90 Å². The number of aromatic nitrogens is 3. The highest BCUT2D eigenvalue weighted by molar-refractivity contribution is 7.89. The van der Waals surface area contributed by atoms with Gasteiger partial charge in [-0.2, -0.15) is 4.31 Å². The number of nitrogens with two attached hydrogens (primary N) is 1. The zero-order valence-corrected chi connectivity index (χ0v) is 11.6. The Morgan fingerprint density at radius 1 is 1.30 bits per heavy atom. The summed E-state index contributed by atoms with van der Waals surface area (Å²) in [7, 11) is -2.17. The molecule has 0 amide bonds. The third-order valence-corrected chi connectivity index (χ3v) is 4.35. The minimum Gasteiger partial charge on any atom is -0.292 e. The highest BCUT2D eigenvalue weighted by Crippen LogP contribution is 2.15. The van der Waals surface area contributed by atoms with Gasteiger partial charge in [0.2, 0.25) is 16.0 Å². The van der Waals surface area contributed by atoms with Crippen LogP contribution >= 0.6 is 0 Å². The second-order valence-electron chi connectivity index (χ2n) is 4.01. The Balaban J connectivity index is 2.20. The van der Waals surface area contributed by atoms with Crippen molar-refractivity contribution < 1.29 is 8.42 Å². The molecular weight excluding hydrogens is 280 g/mol. The van der Waals surface area contributed by atoms with Crippen molar-refractivity contribution in [1.29, 1.82) is 0 Å². The second-order valence-corrected chi connectivity index (χ2v) is 6.05. The van der Waals surface area contributed by atoms with Crippen LogP contribution in [0.25, 0.3) is 0 Å². The van der Waals surface area contributed by atoms with Gasteiger partial charge in [0.05, 0.1) is 12.4 Å². The fourth-order valence-electron chi connectivity index (χ4n) is 1.54. The van der Waals surface area contributed by atoms with Crippen molar-refractivity contribution in [2.45, 2.75) is 11.4 Å². The zero-order chi connectivity index (χ0) is 14.6. The molecule has 3 N–H and O–H groups in total. The van der Waals surface area contributed by atoms with Gasteiger partial charge >= 0.3 is 0 Å². The lowest BCUT2D eigenvalue weighted by molar-refractivity contribution is 0.465. The lowest BCUT2D eigenvalue weighted by Crippen LogP contribution is -2.27. The summed E-state index contributed by atoms with van der Waals surface area (Å²) in [6.45, 7) is 0.215. The average Bonchev–Trinajstić information content (AvgIpc) is 2.48. The monoisotopic (exact) mass is 294 g/mol. The summed E-state index contributed by atoms with van der Waals surface area (Å²) in [6.07, 6.45) is 5.66. The van der Waals surface area contributed by atoms with Gasteiger partial charge in [-0.15, -0.1) is 0 Å². The van der Waals surface area contributed by atoms with Gasteiger partial charge in [-0.1, -0.05) is 6.07 Å². The fourth-order valence-corrected chi connectivity index (χ4v) is 2.59. The Morgan fingerprint density at radius 3 is 2.55 bits per heavy atom. The summed E-state index contributed by atoms with van der Waals surface area (Å²) < 4.78 is 25.8. The molecule has 2 aromatic heterocycles. The number of nitrogen functional groups attached to an aromatic ring is 1. The maximum absolute atomic E-state index is 12.3. The Bertz CT molecular complexity index is 659. The highest BCUT2D eigenvalue weighted by Gasteiger charge is 2.21. The Labute approximate surface area is 116 Å². The summed E-state index contributed by atoms with van der Waals surface area (Å²) in [6, 6.07) is 3.55. The molecule has 0 saturated carbocycles. The van der Waals surface area contributed by atoms with E-state index < -0.39 is 10.0 Å². The molecule has 0 aliphatic carbocycles. The standard InChI is InChI=1S/C11H14N6O2S/c1-17(8-9-3-2-4-13-5-9)20(18,19)10-6-14-11(16-12)15-7-10/h2-7H,8,12H2,1H3,(H,14,15,16). The van der Waals surface area contributed by atoms with Crippen molar-refractivity contribution in [3.8, 4) is 0 Å². The van der Waals surface area contributed by atoms with E-state index in [1.807, 2.05) is 0 Å². The summed E-state index contributed by atoms with van der Waals surface area (Å²) in [5.41, 5.74) is 3.03. The topological polar surface area (TPSA) is 114 Å². The third-order valence-electron chi connectivity index (χ3n) is 2.59. The van der Waals surface area contributed by atoms with Crippen LogP contribution in [0.5, 0.6) is 0 Å².